The van der Waals surface area contributed by atoms with Crippen LogP contribution in [0.5, 0.6) is 0 Å². The Kier molecular flexibility index (Phi) is 3.93. The summed E-state index contributed by atoms with van der Waals surface area (Å²) in [6, 6.07) is 15.7. The Labute approximate surface area is 125 Å². The SMILES string of the molecule is CC(N)c1ccc(N2CCC(c3ccccc3)C2)c(F)c1. The molecule has 0 aromatic heterocycles. The lowest BCUT2D eigenvalue weighted by Crippen LogP contribution is -2.20. The molecule has 2 atom stereocenters. The maximum Gasteiger partial charge on any atom is 0.146 e. The normalized spacial score (nSPS) is 19.8. The molecule has 0 bridgehead atoms. The van der Waals surface area contributed by atoms with E-state index in [-0.39, 0.29) is 11.9 Å². The molecule has 1 aliphatic heterocycles. The number of hydrogen-bond acceptors (Lipinski definition) is 2. The second-order valence-corrected chi connectivity index (χ2v) is 5.84. The molecule has 3 heteroatoms. The summed E-state index contributed by atoms with van der Waals surface area (Å²) >= 11 is 0. The number of rotatable bonds is 3. The van der Waals surface area contributed by atoms with Crippen molar-refractivity contribution in [2.45, 2.75) is 25.3 Å². The summed E-state index contributed by atoms with van der Waals surface area (Å²) in [6.45, 7) is 3.64. The smallest absolute Gasteiger partial charge is 0.146 e. The van der Waals surface area contributed by atoms with Gasteiger partial charge < -0.3 is 10.6 Å². The van der Waals surface area contributed by atoms with Gasteiger partial charge in [-0.15, -0.1) is 0 Å². The van der Waals surface area contributed by atoms with Crippen molar-refractivity contribution in [3.8, 4) is 0 Å². The van der Waals surface area contributed by atoms with E-state index in [1.54, 1.807) is 6.07 Å². The summed E-state index contributed by atoms with van der Waals surface area (Å²) in [5.41, 5.74) is 8.68. The van der Waals surface area contributed by atoms with E-state index >= 15 is 0 Å². The van der Waals surface area contributed by atoms with E-state index in [9.17, 15) is 4.39 Å². The highest BCUT2D eigenvalue weighted by atomic mass is 19.1. The molecule has 2 nitrogen and oxygen atoms in total. The van der Waals surface area contributed by atoms with Crippen LogP contribution in [-0.2, 0) is 0 Å². The van der Waals surface area contributed by atoms with Crippen LogP contribution in [0.2, 0.25) is 0 Å². The van der Waals surface area contributed by atoms with Crippen LogP contribution >= 0.6 is 0 Å². The highest BCUT2D eigenvalue weighted by Crippen LogP contribution is 2.32. The molecule has 2 aromatic rings. The van der Waals surface area contributed by atoms with E-state index in [0.29, 0.717) is 11.6 Å². The van der Waals surface area contributed by atoms with Crippen molar-refractivity contribution < 1.29 is 4.39 Å². The molecule has 3 rings (SSSR count). The minimum Gasteiger partial charge on any atom is -0.369 e. The first kappa shape index (κ1) is 14.1. The first-order valence-corrected chi connectivity index (χ1v) is 7.50. The number of nitrogens with two attached hydrogens (primary N) is 1. The van der Waals surface area contributed by atoms with Gasteiger partial charge >= 0.3 is 0 Å². The second kappa shape index (κ2) is 5.86. The van der Waals surface area contributed by atoms with Gasteiger partial charge in [-0.2, -0.15) is 0 Å². The molecular formula is C18H21FN2. The van der Waals surface area contributed by atoms with Gasteiger partial charge in [0.25, 0.3) is 0 Å². The topological polar surface area (TPSA) is 29.3 Å². The predicted octanol–water partition coefficient (Wildman–Crippen LogP) is 3.84. The fraction of sp³-hybridized carbons (Fsp3) is 0.333. The van der Waals surface area contributed by atoms with Crippen LogP contribution in [0.3, 0.4) is 0 Å². The lowest BCUT2D eigenvalue weighted by atomic mass is 9.99. The zero-order chi connectivity index (χ0) is 14.8. The van der Waals surface area contributed by atoms with E-state index in [1.165, 1.54) is 5.56 Å². The third-order valence-corrected chi connectivity index (χ3v) is 4.30. The zero-order valence-electron chi connectivity index (χ0n) is 12.3. The minimum absolute atomic E-state index is 0.135. The molecule has 110 valence electrons. The fourth-order valence-electron chi connectivity index (χ4n) is 3.04. The molecule has 1 heterocycles. The number of hydrogen-bond donors (Lipinski definition) is 1. The Bertz CT molecular complexity index is 610. The summed E-state index contributed by atoms with van der Waals surface area (Å²) in [5.74, 6) is 0.317. The van der Waals surface area contributed by atoms with E-state index in [1.807, 2.05) is 25.1 Å². The zero-order valence-corrected chi connectivity index (χ0v) is 12.3. The van der Waals surface area contributed by atoms with Crippen LogP contribution in [0.4, 0.5) is 10.1 Å². The van der Waals surface area contributed by atoms with Crippen molar-refractivity contribution in [1.82, 2.24) is 0 Å². The van der Waals surface area contributed by atoms with Crippen molar-refractivity contribution in [1.29, 1.82) is 0 Å². The Morgan fingerprint density at radius 3 is 2.62 bits per heavy atom. The lowest BCUT2D eigenvalue weighted by Gasteiger charge is -2.20. The molecule has 21 heavy (non-hydrogen) atoms. The number of anilines is 1. The first-order valence-electron chi connectivity index (χ1n) is 7.50. The Hall–Kier alpha value is -1.87. The maximum absolute atomic E-state index is 14.3. The predicted molar refractivity (Wildman–Crippen MR) is 85.0 cm³/mol. The van der Waals surface area contributed by atoms with Gasteiger partial charge in [0, 0.05) is 25.0 Å². The van der Waals surface area contributed by atoms with Gasteiger partial charge in [-0.05, 0) is 36.6 Å². The summed E-state index contributed by atoms with van der Waals surface area (Å²) in [7, 11) is 0. The number of benzene rings is 2. The molecular weight excluding hydrogens is 263 g/mol. The van der Waals surface area contributed by atoms with Crippen LogP contribution in [0.25, 0.3) is 0 Å². The highest BCUT2D eigenvalue weighted by molar-refractivity contribution is 5.51. The van der Waals surface area contributed by atoms with Crippen LogP contribution in [0.1, 0.15) is 36.4 Å². The maximum atomic E-state index is 14.3. The number of nitrogens with zero attached hydrogens (tertiary/aromatic N) is 1. The average Bonchev–Trinajstić information content (AvgIpc) is 2.97. The van der Waals surface area contributed by atoms with Gasteiger partial charge in [-0.3, -0.25) is 0 Å². The summed E-state index contributed by atoms with van der Waals surface area (Å²) in [4.78, 5) is 2.14. The molecule has 1 aliphatic rings. The van der Waals surface area contributed by atoms with Crippen molar-refractivity contribution in [2.24, 2.45) is 5.73 Å². The van der Waals surface area contributed by atoms with Gasteiger partial charge in [0.15, 0.2) is 0 Å². The third kappa shape index (κ3) is 2.93. The first-order chi connectivity index (χ1) is 10.1. The third-order valence-electron chi connectivity index (χ3n) is 4.30. The molecule has 1 saturated heterocycles. The van der Waals surface area contributed by atoms with Gasteiger partial charge in [-0.1, -0.05) is 36.4 Å². The Morgan fingerprint density at radius 1 is 1.19 bits per heavy atom. The van der Waals surface area contributed by atoms with Crippen molar-refractivity contribution >= 4 is 5.69 Å². The second-order valence-electron chi connectivity index (χ2n) is 5.84. The molecule has 0 saturated carbocycles. The molecule has 2 unspecified atom stereocenters. The molecule has 2 N–H and O–H groups in total. The standard InChI is InChI=1S/C18H21FN2/c1-13(20)15-7-8-18(17(19)11-15)21-10-9-16(12-21)14-5-3-2-4-6-14/h2-8,11,13,16H,9-10,12,20H2,1H3. The quantitative estimate of drug-likeness (QED) is 0.928. The lowest BCUT2D eigenvalue weighted by molar-refractivity contribution is 0.617. The van der Waals surface area contributed by atoms with Gasteiger partial charge in [-0.25, -0.2) is 4.39 Å². The van der Waals surface area contributed by atoms with Crippen molar-refractivity contribution in [3.05, 3.63) is 65.5 Å². The Morgan fingerprint density at radius 2 is 1.95 bits per heavy atom. The molecule has 2 aromatic carbocycles. The average molecular weight is 284 g/mol. The largest absolute Gasteiger partial charge is 0.369 e. The van der Waals surface area contributed by atoms with Gasteiger partial charge in [0.2, 0.25) is 0 Å². The summed E-state index contributed by atoms with van der Waals surface area (Å²) in [5, 5.41) is 0. The van der Waals surface area contributed by atoms with Crippen LogP contribution < -0.4 is 10.6 Å². The van der Waals surface area contributed by atoms with E-state index < -0.39 is 0 Å². The fourth-order valence-corrected chi connectivity index (χ4v) is 3.04. The van der Waals surface area contributed by atoms with Crippen LogP contribution in [0, 0.1) is 5.82 Å². The van der Waals surface area contributed by atoms with Crippen molar-refractivity contribution in [3.63, 3.8) is 0 Å². The number of halogens is 1. The van der Waals surface area contributed by atoms with Gasteiger partial charge in [0.1, 0.15) is 5.82 Å². The molecule has 0 amide bonds. The molecule has 1 fully saturated rings. The molecule has 0 spiro atoms. The van der Waals surface area contributed by atoms with E-state index in [2.05, 4.69) is 29.2 Å². The Balaban J connectivity index is 1.77. The van der Waals surface area contributed by atoms with Crippen LogP contribution in [-0.4, -0.2) is 13.1 Å². The van der Waals surface area contributed by atoms with E-state index in [0.717, 1.165) is 25.1 Å². The van der Waals surface area contributed by atoms with Crippen molar-refractivity contribution in [2.75, 3.05) is 18.0 Å². The highest BCUT2D eigenvalue weighted by Gasteiger charge is 2.25. The molecule has 0 aliphatic carbocycles. The van der Waals surface area contributed by atoms with E-state index in [4.69, 9.17) is 5.73 Å². The molecule has 0 radical (unpaired) electrons. The van der Waals surface area contributed by atoms with Gasteiger partial charge in [0.05, 0.1) is 5.69 Å². The summed E-state index contributed by atoms with van der Waals surface area (Å²) < 4.78 is 14.3. The minimum atomic E-state index is -0.168. The monoisotopic (exact) mass is 284 g/mol. The van der Waals surface area contributed by atoms with Crippen LogP contribution in [0.15, 0.2) is 48.5 Å². The summed E-state index contributed by atoms with van der Waals surface area (Å²) in [6.07, 6.45) is 1.07.